The minimum atomic E-state index is -0.977. The topological polar surface area (TPSA) is 104 Å². The number of rotatable bonds is 9. The lowest BCUT2D eigenvalue weighted by atomic mass is 10.2. The van der Waals surface area contributed by atoms with Gasteiger partial charge in [-0.3, -0.25) is 19.6 Å². The number of carboxylic acid groups (broad SMARTS) is 1. The number of carboxylic acids is 1. The Kier molecular flexibility index (Phi) is 8.55. The maximum Gasteiger partial charge on any atom is 0.305 e. The van der Waals surface area contributed by atoms with Crippen LogP contribution in [-0.4, -0.2) is 46.4 Å². The van der Waals surface area contributed by atoms with Crippen molar-refractivity contribution in [1.82, 2.24) is 5.06 Å². The lowest BCUT2D eigenvalue weighted by molar-refractivity contribution is -0.166. The van der Waals surface area contributed by atoms with E-state index in [1.807, 2.05) is 0 Å². The number of esters is 1. The number of nitrogens with zero attached hydrogens (tertiary/aromatic N) is 1. The van der Waals surface area contributed by atoms with Crippen molar-refractivity contribution in [2.75, 3.05) is 13.2 Å². The second-order valence-corrected chi connectivity index (χ2v) is 3.67. The zero-order valence-electron chi connectivity index (χ0n) is 10.4. The van der Waals surface area contributed by atoms with Crippen molar-refractivity contribution in [3.05, 3.63) is 0 Å². The van der Waals surface area contributed by atoms with Crippen LogP contribution in [0.4, 0.5) is 0 Å². The molecule has 18 heavy (non-hydrogen) atoms. The summed E-state index contributed by atoms with van der Waals surface area (Å²) in [7, 11) is 0. The van der Waals surface area contributed by atoms with Crippen molar-refractivity contribution in [2.24, 2.45) is 0 Å². The molecule has 0 aliphatic carbocycles. The van der Waals surface area contributed by atoms with Crippen LogP contribution < -0.4 is 0 Å². The van der Waals surface area contributed by atoms with Crippen LogP contribution in [0.25, 0.3) is 0 Å². The van der Waals surface area contributed by atoms with Crippen LogP contribution in [0.2, 0.25) is 0 Å². The summed E-state index contributed by atoms with van der Waals surface area (Å²) in [5.41, 5.74) is 0. The van der Waals surface area contributed by atoms with Gasteiger partial charge in [0.2, 0.25) is 5.91 Å². The Morgan fingerprint density at radius 3 is 2.33 bits per heavy atom. The highest BCUT2D eigenvalue weighted by atomic mass is 16.5. The molecule has 1 amide bonds. The van der Waals surface area contributed by atoms with Crippen LogP contribution in [0, 0.1) is 0 Å². The van der Waals surface area contributed by atoms with Crippen LogP contribution in [0.3, 0.4) is 0 Å². The monoisotopic (exact) mass is 261 g/mol. The number of hydrogen-bond acceptors (Lipinski definition) is 5. The molecule has 0 fully saturated rings. The molecule has 0 spiro atoms. The Morgan fingerprint density at radius 2 is 1.78 bits per heavy atom. The molecule has 0 aromatic rings. The smallest absolute Gasteiger partial charge is 0.305 e. The number of amides is 1. The van der Waals surface area contributed by atoms with Crippen LogP contribution in [0.15, 0.2) is 0 Å². The van der Waals surface area contributed by atoms with Gasteiger partial charge >= 0.3 is 11.9 Å². The first kappa shape index (κ1) is 16.4. The highest BCUT2D eigenvalue weighted by molar-refractivity contribution is 5.76. The third-order valence-electron chi connectivity index (χ3n) is 2.13. The molecule has 0 aromatic heterocycles. The van der Waals surface area contributed by atoms with E-state index in [9.17, 15) is 19.6 Å². The molecular weight excluding hydrogens is 242 g/mol. The number of ether oxygens (including phenoxy) is 1. The molecule has 0 heterocycles. The second kappa shape index (κ2) is 9.41. The van der Waals surface area contributed by atoms with Crippen LogP contribution in [0.1, 0.15) is 39.0 Å². The molecule has 7 nitrogen and oxygen atoms in total. The fourth-order valence-corrected chi connectivity index (χ4v) is 1.25. The Labute approximate surface area is 105 Å². The predicted molar refractivity (Wildman–Crippen MR) is 60.9 cm³/mol. The van der Waals surface area contributed by atoms with Crippen molar-refractivity contribution in [1.29, 1.82) is 0 Å². The van der Waals surface area contributed by atoms with Crippen molar-refractivity contribution in [3.8, 4) is 0 Å². The van der Waals surface area contributed by atoms with Gasteiger partial charge in [0.1, 0.15) is 0 Å². The number of carbonyl (C=O) groups is 3. The van der Waals surface area contributed by atoms with E-state index in [0.717, 1.165) is 0 Å². The summed E-state index contributed by atoms with van der Waals surface area (Å²) in [5.74, 6) is -1.89. The Bertz CT molecular complexity index is 291. The maximum absolute atomic E-state index is 11.3. The third kappa shape index (κ3) is 8.51. The summed E-state index contributed by atoms with van der Waals surface area (Å²) < 4.78 is 4.69. The van der Waals surface area contributed by atoms with Gasteiger partial charge in [-0.05, 0) is 19.8 Å². The van der Waals surface area contributed by atoms with Gasteiger partial charge < -0.3 is 9.84 Å². The normalized spacial score (nSPS) is 9.89. The Hall–Kier alpha value is -1.63. The van der Waals surface area contributed by atoms with Gasteiger partial charge in [-0.2, -0.15) is 0 Å². The van der Waals surface area contributed by atoms with Gasteiger partial charge in [-0.1, -0.05) is 0 Å². The molecule has 0 saturated carbocycles. The molecular formula is C11H19NO6. The largest absolute Gasteiger partial charge is 0.481 e. The van der Waals surface area contributed by atoms with Gasteiger partial charge in [0.25, 0.3) is 0 Å². The number of hydrogen-bond donors (Lipinski definition) is 2. The summed E-state index contributed by atoms with van der Waals surface area (Å²) in [6.07, 6.45) is 0.487. The van der Waals surface area contributed by atoms with Gasteiger partial charge in [0.15, 0.2) is 0 Å². The average molecular weight is 261 g/mol. The van der Waals surface area contributed by atoms with Gasteiger partial charge in [0, 0.05) is 25.8 Å². The summed E-state index contributed by atoms with van der Waals surface area (Å²) in [5, 5.41) is 18.2. The molecule has 0 aromatic carbocycles. The zero-order chi connectivity index (χ0) is 14.0. The molecule has 0 rings (SSSR count). The molecule has 0 saturated heterocycles. The summed E-state index contributed by atoms with van der Waals surface area (Å²) in [4.78, 5) is 32.5. The lowest BCUT2D eigenvalue weighted by Crippen LogP contribution is -2.28. The molecule has 0 atom stereocenters. The number of aliphatic carboxylic acids is 1. The first-order valence-corrected chi connectivity index (χ1v) is 5.84. The quantitative estimate of drug-likeness (QED) is 0.361. The molecule has 0 aliphatic rings. The maximum atomic E-state index is 11.3. The van der Waals surface area contributed by atoms with E-state index in [1.165, 1.54) is 0 Å². The SMILES string of the molecule is CCOC(=O)CCCN(O)C(=O)CCCC(=O)O. The highest BCUT2D eigenvalue weighted by Crippen LogP contribution is 2.02. The first-order chi connectivity index (χ1) is 8.47. The van der Waals surface area contributed by atoms with E-state index in [4.69, 9.17) is 5.11 Å². The van der Waals surface area contributed by atoms with E-state index < -0.39 is 11.9 Å². The Morgan fingerprint density at radius 1 is 1.11 bits per heavy atom. The summed E-state index contributed by atoms with van der Waals surface area (Å²) >= 11 is 0. The molecule has 0 radical (unpaired) electrons. The van der Waals surface area contributed by atoms with Crippen molar-refractivity contribution >= 4 is 17.8 Å². The molecule has 0 unspecified atom stereocenters. The standard InChI is InChI=1S/C11H19NO6/c1-2-18-11(16)7-4-8-12(17)9(13)5-3-6-10(14)15/h17H,2-8H2,1H3,(H,14,15). The van der Waals surface area contributed by atoms with Crippen LogP contribution in [-0.2, 0) is 19.1 Å². The molecule has 2 N–H and O–H groups in total. The van der Waals surface area contributed by atoms with E-state index >= 15 is 0 Å². The van der Waals surface area contributed by atoms with Crippen molar-refractivity contribution in [3.63, 3.8) is 0 Å². The molecule has 0 aliphatic heterocycles. The summed E-state index contributed by atoms with van der Waals surface area (Å²) in [6, 6.07) is 0. The van der Waals surface area contributed by atoms with E-state index in [2.05, 4.69) is 4.74 Å². The third-order valence-corrected chi connectivity index (χ3v) is 2.13. The summed E-state index contributed by atoms with van der Waals surface area (Å²) in [6.45, 7) is 2.03. The lowest BCUT2D eigenvalue weighted by Gasteiger charge is -2.14. The minimum Gasteiger partial charge on any atom is -0.481 e. The Balaban J connectivity index is 3.67. The zero-order valence-corrected chi connectivity index (χ0v) is 10.4. The van der Waals surface area contributed by atoms with Gasteiger partial charge in [-0.25, -0.2) is 5.06 Å². The van der Waals surface area contributed by atoms with Crippen LogP contribution >= 0.6 is 0 Å². The number of carbonyl (C=O) groups excluding carboxylic acids is 2. The molecule has 104 valence electrons. The fraction of sp³-hybridized carbons (Fsp3) is 0.727. The fourth-order valence-electron chi connectivity index (χ4n) is 1.25. The minimum absolute atomic E-state index is 0.0256. The molecule has 0 bridgehead atoms. The van der Waals surface area contributed by atoms with E-state index in [1.54, 1.807) is 6.92 Å². The first-order valence-electron chi connectivity index (χ1n) is 5.84. The second-order valence-electron chi connectivity index (χ2n) is 3.67. The number of hydroxylamine groups is 2. The van der Waals surface area contributed by atoms with Gasteiger partial charge in [-0.15, -0.1) is 0 Å². The molecule has 7 heteroatoms. The van der Waals surface area contributed by atoms with Crippen LogP contribution in [0.5, 0.6) is 0 Å². The predicted octanol–water partition coefficient (Wildman–Crippen LogP) is 0.802. The average Bonchev–Trinajstić information content (AvgIpc) is 2.28. The van der Waals surface area contributed by atoms with E-state index in [0.29, 0.717) is 18.1 Å². The van der Waals surface area contributed by atoms with Crippen molar-refractivity contribution < 1.29 is 29.4 Å². The highest BCUT2D eigenvalue weighted by Gasteiger charge is 2.12. The van der Waals surface area contributed by atoms with E-state index in [-0.39, 0.29) is 38.2 Å². The van der Waals surface area contributed by atoms with Gasteiger partial charge in [0.05, 0.1) is 6.61 Å². The van der Waals surface area contributed by atoms with Crippen molar-refractivity contribution in [2.45, 2.75) is 39.0 Å².